The van der Waals surface area contributed by atoms with Gasteiger partial charge in [-0.1, -0.05) is 0 Å². The first kappa shape index (κ1) is 17.2. The van der Waals surface area contributed by atoms with Gasteiger partial charge in [0.25, 0.3) is 0 Å². The monoisotopic (exact) mass is 476 g/mol. The normalized spacial score (nSPS) is 12.2. The first-order valence-electron chi connectivity index (χ1n) is 5.56. The fourth-order valence-electron chi connectivity index (χ4n) is 1.34. The van der Waals surface area contributed by atoms with Crippen LogP contribution < -0.4 is 0 Å². The summed E-state index contributed by atoms with van der Waals surface area (Å²) in [6.07, 6.45) is 0. The van der Waals surface area contributed by atoms with Crippen molar-refractivity contribution in [3.05, 3.63) is 60.7 Å². The topological polar surface area (TPSA) is 68.3 Å². The third-order valence-electron chi connectivity index (χ3n) is 2.30. The zero-order chi connectivity index (χ0) is 15.3. The molecule has 0 aromatic heterocycles. The summed E-state index contributed by atoms with van der Waals surface area (Å²) in [5, 5.41) is 0. The van der Waals surface area contributed by atoms with Crippen LogP contribution >= 0.6 is 16.0 Å². The third-order valence-corrected chi connectivity index (χ3v) is 25.8. The van der Waals surface area contributed by atoms with Gasteiger partial charge in [-0.3, -0.25) is 0 Å². The SMILES string of the molecule is O=S(=O)(S[Te]SS(=O)(=O)c1ccccc1)c1ccccc1. The molecule has 0 heterocycles. The minimum atomic E-state index is -3.48. The molecular weight excluding hydrogens is 464 g/mol. The van der Waals surface area contributed by atoms with E-state index in [0.29, 0.717) is 0 Å². The summed E-state index contributed by atoms with van der Waals surface area (Å²) >= 11 is -1.34. The molecule has 112 valence electrons. The zero-order valence-corrected chi connectivity index (χ0v) is 16.0. The van der Waals surface area contributed by atoms with E-state index in [1.165, 1.54) is 24.3 Å². The Morgan fingerprint density at radius 3 is 1.29 bits per heavy atom. The molecular formula is C12H10O4S4Te. The van der Waals surface area contributed by atoms with E-state index in [1.807, 2.05) is 0 Å². The quantitative estimate of drug-likeness (QED) is 0.474. The minimum absolute atomic E-state index is 0.206. The van der Waals surface area contributed by atoms with Crippen LogP contribution in [-0.4, -0.2) is 35.0 Å². The molecule has 9 heteroatoms. The number of hydrogen-bond donors (Lipinski definition) is 0. The summed E-state index contributed by atoms with van der Waals surface area (Å²) in [4.78, 5) is 0.413. The predicted octanol–water partition coefficient (Wildman–Crippen LogP) is 2.76. The Morgan fingerprint density at radius 2 is 0.952 bits per heavy atom. The van der Waals surface area contributed by atoms with E-state index >= 15 is 0 Å². The van der Waals surface area contributed by atoms with Gasteiger partial charge in [0.15, 0.2) is 0 Å². The average molecular weight is 474 g/mol. The van der Waals surface area contributed by atoms with Gasteiger partial charge in [0.05, 0.1) is 0 Å². The van der Waals surface area contributed by atoms with Gasteiger partial charge in [-0.05, 0) is 0 Å². The van der Waals surface area contributed by atoms with Crippen molar-refractivity contribution in [2.75, 3.05) is 0 Å². The third kappa shape index (κ3) is 4.91. The van der Waals surface area contributed by atoms with Gasteiger partial charge in [-0.25, -0.2) is 0 Å². The summed E-state index contributed by atoms with van der Waals surface area (Å²) in [6.45, 7) is 0. The summed E-state index contributed by atoms with van der Waals surface area (Å²) in [5.74, 6) is 0. The van der Waals surface area contributed by atoms with Gasteiger partial charge in [0.2, 0.25) is 0 Å². The van der Waals surface area contributed by atoms with Crippen molar-refractivity contribution in [2.45, 2.75) is 9.79 Å². The van der Waals surface area contributed by atoms with E-state index in [1.54, 1.807) is 36.4 Å². The van der Waals surface area contributed by atoms with E-state index < -0.39 is 35.9 Å². The molecule has 2 aromatic carbocycles. The maximum atomic E-state index is 12.0. The van der Waals surface area contributed by atoms with Gasteiger partial charge in [0, 0.05) is 0 Å². The molecule has 0 saturated heterocycles. The van der Waals surface area contributed by atoms with Crippen LogP contribution in [0.3, 0.4) is 0 Å². The molecule has 0 amide bonds. The van der Waals surface area contributed by atoms with Crippen molar-refractivity contribution in [3.8, 4) is 0 Å². The molecule has 0 aliphatic carbocycles. The van der Waals surface area contributed by atoms with Crippen molar-refractivity contribution in [3.63, 3.8) is 0 Å². The Balaban J connectivity index is 2.02. The molecule has 0 saturated carbocycles. The van der Waals surface area contributed by atoms with E-state index in [2.05, 4.69) is 0 Å². The molecule has 0 unspecified atom stereocenters. The van der Waals surface area contributed by atoms with Crippen LogP contribution in [0.15, 0.2) is 70.5 Å². The van der Waals surface area contributed by atoms with Crippen molar-refractivity contribution in [1.82, 2.24) is 0 Å². The van der Waals surface area contributed by atoms with Crippen LogP contribution in [0.2, 0.25) is 0 Å². The van der Waals surface area contributed by atoms with Crippen LogP contribution in [0.25, 0.3) is 0 Å². The van der Waals surface area contributed by atoms with Gasteiger partial charge < -0.3 is 0 Å². The van der Waals surface area contributed by atoms with Crippen molar-refractivity contribution >= 4 is 52.0 Å². The molecule has 0 N–H and O–H groups in total. The van der Waals surface area contributed by atoms with E-state index in [0.717, 1.165) is 16.0 Å². The molecule has 0 radical (unpaired) electrons. The standard InChI is InChI=1S/C12H10O4S4Te/c13-19(14,11-7-3-1-4-8-11)17-21-18-20(15,16)12-9-5-2-6-10-12/h1-10H. The molecule has 21 heavy (non-hydrogen) atoms. The van der Waals surface area contributed by atoms with Crippen LogP contribution in [0.4, 0.5) is 0 Å². The fraction of sp³-hybridized carbons (Fsp3) is 0. The molecule has 0 fully saturated rings. The maximum absolute atomic E-state index is 12.0. The summed E-state index contributed by atoms with van der Waals surface area (Å²) < 4.78 is 48.2. The summed E-state index contributed by atoms with van der Waals surface area (Å²) in [5.41, 5.74) is 0. The van der Waals surface area contributed by atoms with E-state index in [-0.39, 0.29) is 9.79 Å². The van der Waals surface area contributed by atoms with Gasteiger partial charge in [-0.2, -0.15) is 0 Å². The van der Waals surface area contributed by atoms with Crippen LogP contribution in [0.1, 0.15) is 0 Å². The van der Waals surface area contributed by atoms with Crippen LogP contribution in [0.5, 0.6) is 0 Å². The first-order chi connectivity index (χ1) is 9.92. The van der Waals surface area contributed by atoms with Crippen LogP contribution in [0, 0.1) is 0 Å². The number of rotatable bonds is 6. The predicted molar refractivity (Wildman–Crippen MR) is 88.2 cm³/mol. The molecule has 2 aromatic rings. The molecule has 0 aliphatic heterocycles. The Labute approximate surface area is 138 Å². The Hall–Kier alpha value is -0.170. The van der Waals surface area contributed by atoms with Crippen molar-refractivity contribution < 1.29 is 16.8 Å². The molecule has 2 rings (SSSR count). The molecule has 0 atom stereocenters. The van der Waals surface area contributed by atoms with Crippen molar-refractivity contribution in [2.24, 2.45) is 0 Å². The second-order valence-electron chi connectivity index (χ2n) is 3.74. The molecule has 4 nitrogen and oxygen atoms in total. The molecule has 0 bridgehead atoms. The van der Waals surface area contributed by atoms with E-state index in [9.17, 15) is 16.8 Å². The van der Waals surface area contributed by atoms with Gasteiger partial charge in [-0.15, -0.1) is 0 Å². The van der Waals surface area contributed by atoms with Gasteiger partial charge >= 0.3 is 139 Å². The van der Waals surface area contributed by atoms with Crippen LogP contribution in [-0.2, 0) is 17.7 Å². The average Bonchev–Trinajstić information content (AvgIpc) is 2.49. The number of benzene rings is 2. The Bertz CT molecular complexity index is 720. The first-order valence-corrected chi connectivity index (χ1v) is 16.8. The second kappa shape index (κ2) is 7.40. The Kier molecular flexibility index (Phi) is 6.05. The Morgan fingerprint density at radius 1 is 0.619 bits per heavy atom. The molecule has 0 aliphatic rings. The zero-order valence-electron chi connectivity index (χ0n) is 10.4. The van der Waals surface area contributed by atoms with E-state index in [4.69, 9.17) is 0 Å². The summed E-state index contributed by atoms with van der Waals surface area (Å²) in [7, 11) is -5.47. The fourth-order valence-corrected chi connectivity index (χ4v) is 27.0. The second-order valence-corrected chi connectivity index (χ2v) is 21.3. The number of hydrogen-bond acceptors (Lipinski definition) is 6. The van der Waals surface area contributed by atoms with Gasteiger partial charge in [0.1, 0.15) is 0 Å². The summed E-state index contributed by atoms with van der Waals surface area (Å²) in [6, 6.07) is 16.0. The van der Waals surface area contributed by atoms with Crippen molar-refractivity contribution in [1.29, 1.82) is 0 Å². The molecule has 0 spiro atoms.